The van der Waals surface area contributed by atoms with Gasteiger partial charge in [-0.25, -0.2) is 0 Å². The van der Waals surface area contributed by atoms with Crippen LogP contribution in [0.15, 0.2) is 59.6 Å². The van der Waals surface area contributed by atoms with Crippen LogP contribution in [-0.2, 0) is 0 Å². The number of hydrogen-bond donors (Lipinski definition) is 4. The summed E-state index contributed by atoms with van der Waals surface area (Å²) in [5.74, 6) is -0.297. The highest BCUT2D eigenvalue weighted by molar-refractivity contribution is 6.04. The molecule has 36 heavy (non-hydrogen) atoms. The van der Waals surface area contributed by atoms with Gasteiger partial charge in [-0.2, -0.15) is 0 Å². The third-order valence-corrected chi connectivity index (χ3v) is 7.18. The molecular weight excluding hydrogens is 452 g/mol. The Balaban J connectivity index is 1.20. The van der Waals surface area contributed by atoms with E-state index in [1.54, 1.807) is 12.3 Å². The number of benzene rings is 1. The van der Waals surface area contributed by atoms with Crippen LogP contribution in [0.3, 0.4) is 0 Å². The van der Waals surface area contributed by atoms with Gasteiger partial charge >= 0.3 is 0 Å². The lowest BCUT2D eigenvalue weighted by molar-refractivity contribution is 0.102. The molecule has 1 atom stereocenters. The Bertz CT molecular complexity index is 1160. The van der Waals surface area contributed by atoms with Crippen molar-refractivity contribution in [1.82, 2.24) is 20.5 Å². The number of anilines is 2. The highest BCUT2D eigenvalue weighted by Crippen LogP contribution is 2.21. The molecule has 0 bridgehead atoms. The number of aromatic amines is 1. The number of aromatic nitrogens is 1. The fourth-order valence-electron chi connectivity index (χ4n) is 5.11. The van der Waals surface area contributed by atoms with Crippen LogP contribution >= 0.6 is 0 Å². The zero-order chi connectivity index (χ0) is 24.7. The Morgan fingerprint density at radius 1 is 1.00 bits per heavy atom. The van der Waals surface area contributed by atoms with Crippen LogP contribution in [-0.4, -0.2) is 61.2 Å². The van der Waals surface area contributed by atoms with E-state index in [0.717, 1.165) is 43.1 Å². The van der Waals surface area contributed by atoms with E-state index in [9.17, 15) is 9.59 Å². The number of allylic oxidation sites excluding steroid dienone is 2. The van der Waals surface area contributed by atoms with Crippen LogP contribution in [0, 0.1) is 0 Å². The second kappa shape index (κ2) is 11.6. The highest BCUT2D eigenvalue weighted by atomic mass is 16.2. The predicted octanol–water partition coefficient (Wildman–Crippen LogP) is 3.13. The molecule has 2 saturated heterocycles. The first kappa shape index (κ1) is 24.3. The van der Waals surface area contributed by atoms with Crippen molar-refractivity contribution in [2.24, 2.45) is 0 Å². The molecule has 0 spiro atoms. The number of pyridine rings is 1. The van der Waals surface area contributed by atoms with Crippen LogP contribution in [0.5, 0.6) is 0 Å². The largest absolute Gasteiger partial charge is 0.372 e. The van der Waals surface area contributed by atoms with Crippen molar-refractivity contribution in [1.29, 1.82) is 0 Å². The number of nitrogens with one attached hydrogen (secondary N) is 4. The monoisotopic (exact) mass is 488 g/mol. The number of carbonyl (C=O) groups is 1. The minimum Gasteiger partial charge on any atom is -0.372 e. The summed E-state index contributed by atoms with van der Waals surface area (Å²) in [6.45, 7) is 6.44. The summed E-state index contributed by atoms with van der Waals surface area (Å²) in [6.07, 6.45) is 14.0. The predicted molar refractivity (Wildman–Crippen MR) is 145 cm³/mol. The van der Waals surface area contributed by atoms with Crippen LogP contribution in [0.25, 0.3) is 5.70 Å². The lowest BCUT2D eigenvalue weighted by Gasteiger charge is -2.28. The molecule has 2 aromatic rings. The quantitative estimate of drug-likeness (QED) is 0.456. The van der Waals surface area contributed by atoms with Gasteiger partial charge in [0.2, 0.25) is 0 Å². The van der Waals surface area contributed by atoms with Gasteiger partial charge in [0, 0.05) is 54.9 Å². The van der Waals surface area contributed by atoms with Crippen molar-refractivity contribution in [2.75, 3.05) is 49.5 Å². The fraction of sp³-hybridized carbons (Fsp3) is 0.429. The van der Waals surface area contributed by atoms with E-state index in [-0.39, 0.29) is 23.3 Å². The Kier molecular flexibility index (Phi) is 7.83. The molecule has 3 aliphatic rings. The number of likely N-dealkylation sites (tertiary alicyclic amines) is 1. The molecule has 3 aliphatic heterocycles. The van der Waals surface area contributed by atoms with Gasteiger partial charge in [-0.05, 0) is 87.7 Å². The van der Waals surface area contributed by atoms with Crippen LogP contribution in [0.4, 0.5) is 11.4 Å². The first-order chi connectivity index (χ1) is 17.7. The maximum atomic E-state index is 12.9. The Hall–Kier alpha value is -3.36. The standard InChI is InChI=1S/C28H36N6O2/c35-27(21-9-11-23(12-10-21)34-16-2-1-3-17-34)32-25-19-22(20-30-28(25)36)24-7-6-8-26(31-24)29-13-18-33-14-4-5-15-33/h6-12,19-20,26,29,31H,1-5,13-18H2,(H,30,36)(H,32,35). The van der Waals surface area contributed by atoms with E-state index in [0.29, 0.717) is 5.56 Å². The normalized spacial score (nSPS) is 20.2. The van der Waals surface area contributed by atoms with Gasteiger partial charge < -0.3 is 25.4 Å². The molecule has 1 unspecified atom stereocenters. The first-order valence-corrected chi connectivity index (χ1v) is 13.2. The molecule has 8 heteroatoms. The van der Waals surface area contributed by atoms with Gasteiger partial charge in [0.15, 0.2) is 0 Å². The highest BCUT2D eigenvalue weighted by Gasteiger charge is 2.16. The number of piperidine rings is 1. The molecule has 0 saturated carbocycles. The maximum absolute atomic E-state index is 12.9. The van der Waals surface area contributed by atoms with Crippen LogP contribution < -0.4 is 26.4 Å². The summed E-state index contributed by atoms with van der Waals surface area (Å²) < 4.78 is 0. The molecule has 0 aliphatic carbocycles. The van der Waals surface area contributed by atoms with Crippen molar-refractivity contribution < 1.29 is 4.79 Å². The van der Waals surface area contributed by atoms with Crippen LogP contribution in [0.1, 0.15) is 48.0 Å². The minimum atomic E-state index is -0.329. The third-order valence-electron chi connectivity index (χ3n) is 7.18. The van der Waals surface area contributed by atoms with Crippen molar-refractivity contribution in [3.05, 3.63) is 76.2 Å². The molecule has 0 radical (unpaired) electrons. The van der Waals surface area contributed by atoms with E-state index >= 15 is 0 Å². The van der Waals surface area contributed by atoms with Crippen molar-refractivity contribution in [3.63, 3.8) is 0 Å². The molecule has 1 amide bonds. The molecular formula is C28H36N6O2. The number of carbonyl (C=O) groups excluding carboxylic acids is 1. The van der Waals surface area contributed by atoms with E-state index in [1.807, 2.05) is 36.4 Å². The second-order valence-corrected chi connectivity index (χ2v) is 9.77. The lowest BCUT2D eigenvalue weighted by atomic mass is 10.1. The number of dihydropyridines is 1. The Labute approximate surface area is 212 Å². The number of nitrogens with zero attached hydrogens (tertiary/aromatic N) is 2. The van der Waals surface area contributed by atoms with E-state index in [1.165, 1.54) is 45.2 Å². The van der Waals surface area contributed by atoms with Crippen LogP contribution in [0.2, 0.25) is 0 Å². The first-order valence-electron chi connectivity index (χ1n) is 13.2. The molecule has 190 valence electrons. The van der Waals surface area contributed by atoms with Gasteiger partial charge in [0.1, 0.15) is 5.69 Å². The molecule has 1 aromatic heterocycles. The van der Waals surface area contributed by atoms with Gasteiger partial charge in [0.25, 0.3) is 11.5 Å². The van der Waals surface area contributed by atoms with E-state index in [2.05, 4.69) is 36.8 Å². The second-order valence-electron chi connectivity index (χ2n) is 9.77. The third kappa shape index (κ3) is 6.06. The summed E-state index contributed by atoms with van der Waals surface area (Å²) in [6, 6.07) is 9.34. The van der Waals surface area contributed by atoms with Gasteiger partial charge in [-0.1, -0.05) is 6.08 Å². The topological polar surface area (TPSA) is 92.5 Å². The van der Waals surface area contributed by atoms with Gasteiger partial charge in [-0.15, -0.1) is 0 Å². The van der Waals surface area contributed by atoms with Gasteiger partial charge in [0.05, 0.1) is 6.17 Å². The average Bonchev–Trinajstić information content (AvgIpc) is 3.44. The molecule has 1 aromatic carbocycles. The van der Waals surface area contributed by atoms with E-state index < -0.39 is 0 Å². The molecule has 4 N–H and O–H groups in total. The number of amides is 1. The zero-order valence-corrected chi connectivity index (χ0v) is 20.8. The smallest absolute Gasteiger partial charge is 0.271 e. The average molecular weight is 489 g/mol. The number of rotatable bonds is 8. The van der Waals surface area contributed by atoms with E-state index in [4.69, 9.17) is 0 Å². The zero-order valence-electron chi connectivity index (χ0n) is 20.8. The Morgan fingerprint density at radius 2 is 1.75 bits per heavy atom. The molecule has 2 fully saturated rings. The number of H-pyrrole nitrogens is 1. The van der Waals surface area contributed by atoms with Gasteiger partial charge in [-0.3, -0.25) is 14.9 Å². The molecule has 4 heterocycles. The summed E-state index contributed by atoms with van der Waals surface area (Å²) in [4.78, 5) is 32.9. The molecule has 5 rings (SSSR count). The lowest BCUT2D eigenvalue weighted by Crippen LogP contribution is -2.44. The summed E-state index contributed by atoms with van der Waals surface area (Å²) in [5, 5.41) is 9.79. The number of hydrogen-bond acceptors (Lipinski definition) is 6. The van der Waals surface area contributed by atoms with Crippen molar-refractivity contribution >= 4 is 23.0 Å². The SMILES string of the molecule is O=C(Nc1cc(C2=CC=CC(NCCN3CCCC3)N2)c[nH]c1=O)c1ccc(N2CCCCC2)cc1. The minimum absolute atomic E-state index is 0.0102. The summed E-state index contributed by atoms with van der Waals surface area (Å²) in [7, 11) is 0. The summed E-state index contributed by atoms with van der Waals surface area (Å²) in [5.41, 5.74) is 3.26. The van der Waals surface area contributed by atoms with Crippen molar-refractivity contribution in [3.8, 4) is 0 Å². The summed E-state index contributed by atoms with van der Waals surface area (Å²) >= 11 is 0. The fourth-order valence-corrected chi connectivity index (χ4v) is 5.11. The molecule has 8 nitrogen and oxygen atoms in total. The van der Waals surface area contributed by atoms with Crippen molar-refractivity contribution in [2.45, 2.75) is 38.3 Å². The Morgan fingerprint density at radius 3 is 2.53 bits per heavy atom. The maximum Gasteiger partial charge on any atom is 0.271 e.